The van der Waals surface area contributed by atoms with Crippen molar-refractivity contribution in [2.45, 2.75) is 19.8 Å². The van der Waals surface area contributed by atoms with Gasteiger partial charge in [0.1, 0.15) is 0 Å². The third-order valence-corrected chi connectivity index (χ3v) is 4.14. The topological polar surface area (TPSA) is 23.6 Å². The Balaban J connectivity index is 1.98. The normalized spacial score (nSPS) is 15.7. The second-order valence-electron chi connectivity index (χ2n) is 4.71. The Bertz CT molecular complexity index is 459. The second kappa shape index (κ2) is 6.62. The number of rotatable bonds is 3. The van der Waals surface area contributed by atoms with Crippen LogP contribution in [0.4, 0.5) is 5.69 Å². The van der Waals surface area contributed by atoms with Crippen molar-refractivity contribution < 1.29 is 4.79 Å². The zero-order valence-corrected chi connectivity index (χ0v) is 13.4. The Hall–Kier alpha value is -0.740. The number of carbonyl (C=O) groups excluding carboxylic acids is 1. The molecule has 0 spiro atoms. The van der Waals surface area contributed by atoms with Gasteiger partial charge in [0, 0.05) is 37.1 Å². The molecule has 0 N–H and O–H groups in total. The number of anilines is 1. The molecule has 1 aliphatic heterocycles. The molecule has 0 saturated carbocycles. The predicted molar refractivity (Wildman–Crippen MR) is 82.9 cm³/mol. The van der Waals surface area contributed by atoms with E-state index >= 15 is 0 Å². The molecule has 3 nitrogen and oxygen atoms in total. The monoisotopic (exact) mass is 344 g/mol. The van der Waals surface area contributed by atoms with E-state index in [4.69, 9.17) is 11.6 Å². The summed E-state index contributed by atoms with van der Waals surface area (Å²) in [6.07, 6.45) is 1.57. The molecule has 1 aromatic carbocycles. The lowest BCUT2D eigenvalue weighted by Crippen LogP contribution is -2.48. The molecule has 1 fully saturated rings. The van der Waals surface area contributed by atoms with Gasteiger partial charge in [0.2, 0.25) is 5.91 Å². The largest absolute Gasteiger partial charge is 0.367 e. The van der Waals surface area contributed by atoms with Crippen molar-refractivity contribution in [1.82, 2.24) is 4.90 Å². The summed E-state index contributed by atoms with van der Waals surface area (Å²) in [5, 5.41) is 0.753. The number of benzene rings is 1. The molecule has 1 aromatic rings. The molecule has 5 heteroatoms. The summed E-state index contributed by atoms with van der Waals surface area (Å²) in [6.45, 7) is 5.29. The highest BCUT2D eigenvalue weighted by atomic mass is 79.9. The third kappa shape index (κ3) is 3.63. The van der Waals surface area contributed by atoms with E-state index in [1.54, 1.807) is 0 Å². The van der Waals surface area contributed by atoms with Gasteiger partial charge in [-0.05, 0) is 24.6 Å². The predicted octanol–water partition coefficient (Wildman–Crippen LogP) is 3.55. The van der Waals surface area contributed by atoms with E-state index in [9.17, 15) is 4.79 Å². The Morgan fingerprint density at radius 1 is 1.32 bits per heavy atom. The van der Waals surface area contributed by atoms with Crippen LogP contribution in [-0.2, 0) is 4.79 Å². The lowest BCUT2D eigenvalue weighted by atomic mass is 10.2. The lowest BCUT2D eigenvalue weighted by molar-refractivity contribution is -0.131. The van der Waals surface area contributed by atoms with Gasteiger partial charge in [-0.15, -0.1) is 0 Å². The number of amides is 1. The lowest BCUT2D eigenvalue weighted by Gasteiger charge is -2.36. The summed E-state index contributed by atoms with van der Waals surface area (Å²) >= 11 is 9.67. The fourth-order valence-corrected chi connectivity index (χ4v) is 3.10. The molecule has 1 amide bonds. The van der Waals surface area contributed by atoms with Crippen molar-refractivity contribution in [3.63, 3.8) is 0 Å². The Morgan fingerprint density at radius 2 is 2.00 bits per heavy atom. The van der Waals surface area contributed by atoms with Crippen LogP contribution in [0.15, 0.2) is 22.7 Å². The molecule has 0 aromatic heterocycles. The number of halogens is 2. The van der Waals surface area contributed by atoms with E-state index in [1.807, 2.05) is 30.0 Å². The van der Waals surface area contributed by atoms with Crippen LogP contribution < -0.4 is 4.90 Å². The highest BCUT2D eigenvalue weighted by molar-refractivity contribution is 9.10. The molecular weight excluding hydrogens is 328 g/mol. The summed E-state index contributed by atoms with van der Waals surface area (Å²) in [7, 11) is 0. The van der Waals surface area contributed by atoms with Gasteiger partial charge in [0.15, 0.2) is 0 Å². The summed E-state index contributed by atoms with van der Waals surface area (Å²) in [5.41, 5.74) is 1.05. The first-order valence-electron chi connectivity index (χ1n) is 6.59. The highest BCUT2D eigenvalue weighted by Gasteiger charge is 2.21. The minimum atomic E-state index is 0.268. The van der Waals surface area contributed by atoms with Gasteiger partial charge in [-0.2, -0.15) is 0 Å². The van der Waals surface area contributed by atoms with E-state index in [0.29, 0.717) is 6.42 Å². The van der Waals surface area contributed by atoms with E-state index in [-0.39, 0.29) is 5.91 Å². The van der Waals surface area contributed by atoms with Crippen LogP contribution in [0, 0.1) is 0 Å². The molecule has 0 aliphatic carbocycles. The smallest absolute Gasteiger partial charge is 0.222 e. The van der Waals surface area contributed by atoms with Gasteiger partial charge >= 0.3 is 0 Å². The first-order chi connectivity index (χ1) is 9.11. The van der Waals surface area contributed by atoms with Gasteiger partial charge in [0.05, 0.1) is 10.7 Å². The van der Waals surface area contributed by atoms with Gasteiger partial charge in [-0.25, -0.2) is 0 Å². The van der Waals surface area contributed by atoms with Crippen LogP contribution in [0.3, 0.4) is 0 Å². The standard InChI is InChI=1S/C14H18BrClN2O/c1-2-3-14(19)18-8-6-17(7-9-18)13-5-4-11(15)10-12(13)16/h4-5,10H,2-3,6-9H2,1H3. The fourth-order valence-electron chi connectivity index (χ4n) is 2.31. The average molecular weight is 346 g/mol. The van der Waals surface area contributed by atoms with Crippen LogP contribution in [0.1, 0.15) is 19.8 Å². The number of carbonyl (C=O) groups is 1. The maximum absolute atomic E-state index is 11.8. The summed E-state index contributed by atoms with van der Waals surface area (Å²) in [5.74, 6) is 0.268. The van der Waals surface area contributed by atoms with Crippen molar-refractivity contribution in [2.75, 3.05) is 31.1 Å². The zero-order chi connectivity index (χ0) is 13.8. The van der Waals surface area contributed by atoms with E-state index in [1.165, 1.54) is 0 Å². The molecule has 1 heterocycles. The first kappa shape index (κ1) is 14.7. The Kier molecular flexibility index (Phi) is 5.11. The molecule has 0 atom stereocenters. The molecule has 0 bridgehead atoms. The first-order valence-corrected chi connectivity index (χ1v) is 7.76. The van der Waals surface area contributed by atoms with Crippen LogP contribution in [0.5, 0.6) is 0 Å². The zero-order valence-electron chi connectivity index (χ0n) is 11.0. The molecule has 104 valence electrons. The number of hydrogen-bond donors (Lipinski definition) is 0. The molecule has 1 saturated heterocycles. The molecule has 19 heavy (non-hydrogen) atoms. The number of hydrogen-bond acceptors (Lipinski definition) is 2. The van der Waals surface area contributed by atoms with Crippen LogP contribution in [0.2, 0.25) is 5.02 Å². The maximum atomic E-state index is 11.8. The summed E-state index contributed by atoms with van der Waals surface area (Å²) in [6, 6.07) is 5.93. The Morgan fingerprint density at radius 3 is 2.58 bits per heavy atom. The minimum Gasteiger partial charge on any atom is -0.367 e. The van der Waals surface area contributed by atoms with Gasteiger partial charge in [0.25, 0.3) is 0 Å². The second-order valence-corrected chi connectivity index (χ2v) is 6.04. The SMILES string of the molecule is CCCC(=O)N1CCN(c2ccc(Br)cc2Cl)CC1. The molecule has 2 rings (SSSR count). The summed E-state index contributed by atoms with van der Waals surface area (Å²) in [4.78, 5) is 16.0. The minimum absolute atomic E-state index is 0.268. The van der Waals surface area contributed by atoms with Crippen LogP contribution >= 0.6 is 27.5 Å². The van der Waals surface area contributed by atoms with Crippen molar-refractivity contribution in [1.29, 1.82) is 0 Å². The van der Waals surface area contributed by atoms with Crippen molar-refractivity contribution >= 4 is 39.1 Å². The van der Waals surface area contributed by atoms with Crippen LogP contribution in [0.25, 0.3) is 0 Å². The molecule has 1 aliphatic rings. The van der Waals surface area contributed by atoms with Crippen molar-refractivity contribution in [2.24, 2.45) is 0 Å². The van der Waals surface area contributed by atoms with E-state index < -0.39 is 0 Å². The van der Waals surface area contributed by atoms with E-state index in [2.05, 4.69) is 20.8 Å². The maximum Gasteiger partial charge on any atom is 0.222 e. The van der Waals surface area contributed by atoms with E-state index in [0.717, 1.165) is 47.8 Å². The quantitative estimate of drug-likeness (QED) is 0.836. The van der Waals surface area contributed by atoms with Gasteiger partial charge in [-0.3, -0.25) is 4.79 Å². The molecule has 0 unspecified atom stereocenters. The average Bonchev–Trinajstić information content (AvgIpc) is 2.39. The third-order valence-electron chi connectivity index (χ3n) is 3.35. The molecule has 0 radical (unpaired) electrons. The van der Waals surface area contributed by atoms with Crippen molar-refractivity contribution in [3.8, 4) is 0 Å². The Labute approximate surface area is 127 Å². The van der Waals surface area contributed by atoms with Gasteiger partial charge < -0.3 is 9.80 Å². The summed E-state index contributed by atoms with van der Waals surface area (Å²) < 4.78 is 0.984. The number of piperazine rings is 1. The van der Waals surface area contributed by atoms with Crippen molar-refractivity contribution in [3.05, 3.63) is 27.7 Å². The fraction of sp³-hybridized carbons (Fsp3) is 0.500. The number of nitrogens with zero attached hydrogens (tertiary/aromatic N) is 2. The van der Waals surface area contributed by atoms with Gasteiger partial charge in [-0.1, -0.05) is 34.5 Å². The highest BCUT2D eigenvalue weighted by Crippen LogP contribution is 2.29. The van der Waals surface area contributed by atoms with Crippen LogP contribution in [-0.4, -0.2) is 37.0 Å². The molecular formula is C14H18BrClN2O.